The molecule has 0 radical (unpaired) electrons. The van der Waals surface area contributed by atoms with Crippen LogP contribution in [0.15, 0.2) is 35.7 Å². The van der Waals surface area contributed by atoms with E-state index in [1.807, 2.05) is 21.1 Å². The smallest absolute Gasteiger partial charge is 0.239 e. The second-order valence-electron chi connectivity index (χ2n) is 10.1. The Morgan fingerprint density at radius 2 is 1.66 bits per heavy atom. The molecule has 0 N–H and O–H groups in total. The van der Waals surface area contributed by atoms with E-state index in [2.05, 4.69) is 68.3 Å². The van der Waals surface area contributed by atoms with Crippen LogP contribution in [0, 0.1) is 12.8 Å². The minimum Gasteiger partial charge on any atom is -0.339 e. The number of hydrogen-bond donors (Lipinski definition) is 0. The van der Waals surface area contributed by atoms with Gasteiger partial charge < -0.3 is 9.80 Å². The number of fused-ring (bicyclic) bond motifs is 1. The lowest BCUT2D eigenvalue weighted by molar-refractivity contribution is -0.145. The maximum atomic E-state index is 13.7. The van der Waals surface area contributed by atoms with Gasteiger partial charge in [0.1, 0.15) is 0 Å². The van der Waals surface area contributed by atoms with Crippen molar-refractivity contribution in [3.63, 3.8) is 0 Å². The molecule has 0 spiro atoms. The summed E-state index contributed by atoms with van der Waals surface area (Å²) in [7, 11) is 0. The Balaban J connectivity index is 1.45. The number of hydrogen-bond acceptors (Lipinski definition) is 4. The predicted molar refractivity (Wildman–Crippen MR) is 144 cm³/mol. The van der Waals surface area contributed by atoms with E-state index < -0.39 is 0 Å². The summed E-state index contributed by atoms with van der Waals surface area (Å²) in [4.78, 5) is 34.5. The summed E-state index contributed by atoms with van der Waals surface area (Å²) in [6.07, 6.45) is 5.09. The zero-order chi connectivity index (χ0) is 24.9. The van der Waals surface area contributed by atoms with E-state index in [-0.39, 0.29) is 29.8 Å². The second-order valence-corrected chi connectivity index (χ2v) is 11.1. The normalized spacial score (nSPS) is 20.4. The summed E-state index contributed by atoms with van der Waals surface area (Å²) < 4.78 is 0. The van der Waals surface area contributed by atoms with Crippen LogP contribution in [0.25, 0.3) is 0 Å². The summed E-state index contributed by atoms with van der Waals surface area (Å²) in [6.45, 7) is 12.0. The molecule has 5 nitrogen and oxygen atoms in total. The lowest BCUT2D eigenvalue weighted by atomic mass is 9.89. The second kappa shape index (κ2) is 11.7. The van der Waals surface area contributed by atoms with Gasteiger partial charge in [-0.05, 0) is 61.2 Å². The molecule has 190 valence electrons. The topological polar surface area (TPSA) is 43.9 Å². The fraction of sp³-hybridized carbons (Fsp3) is 0.586. The van der Waals surface area contributed by atoms with Crippen molar-refractivity contribution in [2.45, 2.75) is 71.9 Å². The number of nitrogens with zero attached hydrogens (tertiary/aromatic N) is 3. The first kappa shape index (κ1) is 25.9. The van der Waals surface area contributed by atoms with Gasteiger partial charge in [-0.2, -0.15) is 0 Å². The van der Waals surface area contributed by atoms with Crippen LogP contribution in [-0.4, -0.2) is 65.3 Å². The molecule has 1 saturated heterocycles. The van der Waals surface area contributed by atoms with Crippen molar-refractivity contribution in [3.05, 3.63) is 57.3 Å². The summed E-state index contributed by atoms with van der Waals surface area (Å²) >= 11 is 1.83. The van der Waals surface area contributed by atoms with Crippen molar-refractivity contribution in [3.8, 4) is 0 Å². The average Bonchev–Trinajstić information content (AvgIpc) is 3.37. The number of carbonyl (C=O) groups is 2. The molecule has 2 aliphatic rings. The summed E-state index contributed by atoms with van der Waals surface area (Å²) in [5, 5.41) is 2.19. The number of thiophene rings is 1. The van der Waals surface area contributed by atoms with Gasteiger partial charge in [0.15, 0.2) is 0 Å². The molecule has 6 heteroatoms. The monoisotopic (exact) mass is 495 g/mol. The molecule has 3 atom stereocenters. The van der Waals surface area contributed by atoms with Crippen LogP contribution in [0.1, 0.15) is 74.1 Å². The summed E-state index contributed by atoms with van der Waals surface area (Å²) in [6, 6.07) is 10.7. The van der Waals surface area contributed by atoms with Crippen LogP contribution in [-0.2, 0) is 16.0 Å². The maximum Gasteiger partial charge on any atom is 0.239 e. The van der Waals surface area contributed by atoms with Crippen LogP contribution in [0.3, 0.4) is 0 Å². The maximum absolute atomic E-state index is 13.7. The summed E-state index contributed by atoms with van der Waals surface area (Å²) in [5.41, 5.74) is 3.91. The molecule has 1 aromatic heterocycles. The number of aryl methyl sites for hydroxylation is 1. The van der Waals surface area contributed by atoms with Gasteiger partial charge in [0.25, 0.3) is 0 Å². The molecule has 35 heavy (non-hydrogen) atoms. The quantitative estimate of drug-likeness (QED) is 0.500. The van der Waals surface area contributed by atoms with E-state index in [0.29, 0.717) is 26.2 Å². The van der Waals surface area contributed by atoms with Crippen molar-refractivity contribution in [2.24, 2.45) is 5.92 Å². The lowest BCUT2D eigenvalue weighted by Crippen LogP contribution is -2.56. The van der Waals surface area contributed by atoms with E-state index in [9.17, 15) is 9.59 Å². The van der Waals surface area contributed by atoms with E-state index in [4.69, 9.17) is 0 Å². The average molecular weight is 496 g/mol. The van der Waals surface area contributed by atoms with Gasteiger partial charge in [0, 0.05) is 43.5 Å². The van der Waals surface area contributed by atoms with Gasteiger partial charge in [-0.15, -0.1) is 11.3 Å². The standard InChI is InChI=1S/C29H41N3O2S/c1-5-7-11-23(6-2)29(34)31-18-16-30(17-19-31)28(33)22(4)32-15-13-26-25(14-20-35-26)27(32)24-12-9-8-10-21(24)3/h8-10,12,14,20,22-23,27H,5-7,11,13,15-19H2,1-4H3/t22-,23+,27-/m1/s1. The van der Waals surface area contributed by atoms with Crippen molar-refractivity contribution >= 4 is 23.2 Å². The van der Waals surface area contributed by atoms with Crippen molar-refractivity contribution in [1.29, 1.82) is 0 Å². The minimum atomic E-state index is -0.206. The van der Waals surface area contributed by atoms with Crippen LogP contribution in [0.5, 0.6) is 0 Å². The van der Waals surface area contributed by atoms with Gasteiger partial charge in [-0.25, -0.2) is 0 Å². The minimum absolute atomic E-state index is 0.108. The van der Waals surface area contributed by atoms with Crippen molar-refractivity contribution < 1.29 is 9.59 Å². The molecule has 0 unspecified atom stereocenters. The zero-order valence-electron chi connectivity index (χ0n) is 21.8. The van der Waals surface area contributed by atoms with Crippen LogP contribution in [0.4, 0.5) is 0 Å². The highest BCUT2D eigenvalue weighted by Gasteiger charge is 2.38. The molecule has 2 aliphatic heterocycles. The first-order chi connectivity index (χ1) is 17.0. The van der Waals surface area contributed by atoms with Crippen LogP contribution in [0.2, 0.25) is 0 Å². The number of unbranched alkanes of at least 4 members (excludes halogenated alkanes) is 1. The molecule has 1 fully saturated rings. The number of carbonyl (C=O) groups excluding carboxylic acids is 2. The Kier molecular flexibility index (Phi) is 8.66. The van der Waals surface area contributed by atoms with Gasteiger partial charge in [-0.1, -0.05) is 51.0 Å². The Morgan fingerprint density at radius 1 is 0.971 bits per heavy atom. The largest absolute Gasteiger partial charge is 0.339 e. The fourth-order valence-corrected chi connectivity index (χ4v) is 6.66. The highest BCUT2D eigenvalue weighted by molar-refractivity contribution is 7.10. The van der Waals surface area contributed by atoms with Gasteiger partial charge in [-0.3, -0.25) is 14.5 Å². The Hall–Kier alpha value is -2.18. The van der Waals surface area contributed by atoms with Crippen molar-refractivity contribution in [2.75, 3.05) is 32.7 Å². The predicted octanol–water partition coefficient (Wildman–Crippen LogP) is 5.28. The van der Waals surface area contributed by atoms with Gasteiger partial charge in [0.2, 0.25) is 11.8 Å². The van der Waals surface area contributed by atoms with E-state index in [1.165, 1.54) is 21.6 Å². The molecule has 3 heterocycles. The molecule has 0 bridgehead atoms. The Bertz CT molecular complexity index is 1010. The highest BCUT2D eigenvalue weighted by atomic mass is 32.1. The molecule has 2 aromatic rings. The zero-order valence-corrected chi connectivity index (χ0v) is 22.7. The molecule has 4 rings (SSSR count). The lowest BCUT2D eigenvalue weighted by Gasteiger charge is -2.43. The van der Waals surface area contributed by atoms with E-state index >= 15 is 0 Å². The third kappa shape index (κ3) is 5.49. The molecule has 1 aromatic carbocycles. The Labute approximate surface area is 215 Å². The van der Waals surface area contributed by atoms with E-state index in [0.717, 1.165) is 38.6 Å². The van der Waals surface area contributed by atoms with Crippen LogP contribution < -0.4 is 0 Å². The molecule has 0 saturated carbocycles. The summed E-state index contributed by atoms with van der Waals surface area (Å²) in [5.74, 6) is 0.591. The van der Waals surface area contributed by atoms with Crippen molar-refractivity contribution in [1.82, 2.24) is 14.7 Å². The molecular formula is C29H41N3O2S. The number of rotatable bonds is 8. The fourth-order valence-electron chi connectivity index (χ4n) is 5.76. The third-order valence-corrected chi connectivity index (χ3v) is 8.99. The molecule has 0 aliphatic carbocycles. The first-order valence-electron chi connectivity index (χ1n) is 13.4. The van der Waals surface area contributed by atoms with Gasteiger partial charge >= 0.3 is 0 Å². The van der Waals surface area contributed by atoms with Gasteiger partial charge in [0.05, 0.1) is 12.1 Å². The number of piperazine rings is 1. The SMILES string of the molecule is CCCC[C@H](CC)C(=O)N1CCN(C(=O)[C@@H](C)N2CCc3sccc3[C@H]2c2ccccc2C)CC1. The number of benzene rings is 1. The highest BCUT2D eigenvalue weighted by Crippen LogP contribution is 2.40. The third-order valence-electron chi connectivity index (χ3n) is 7.99. The number of amides is 2. The first-order valence-corrected chi connectivity index (χ1v) is 14.3. The molecule has 2 amide bonds. The molecular weight excluding hydrogens is 454 g/mol. The van der Waals surface area contributed by atoms with E-state index in [1.54, 1.807) is 0 Å². The van der Waals surface area contributed by atoms with Crippen LogP contribution >= 0.6 is 11.3 Å². The Morgan fingerprint density at radius 3 is 2.31 bits per heavy atom.